The van der Waals surface area contributed by atoms with Crippen LogP contribution in [0, 0.1) is 0 Å². The van der Waals surface area contributed by atoms with Crippen molar-refractivity contribution in [2.75, 3.05) is 12.3 Å². The second-order valence-corrected chi connectivity index (χ2v) is 21.6. The van der Waals surface area contributed by atoms with Crippen LogP contribution < -0.4 is 11.1 Å². The molecule has 12 nitrogen and oxygen atoms in total. The zero-order valence-corrected chi connectivity index (χ0v) is 28.1. The van der Waals surface area contributed by atoms with Crippen LogP contribution in [0.15, 0.2) is 36.9 Å². The van der Waals surface area contributed by atoms with Crippen LogP contribution in [0.4, 0.5) is 5.82 Å². The summed E-state index contributed by atoms with van der Waals surface area (Å²) in [4.78, 5) is 26.7. The van der Waals surface area contributed by atoms with Gasteiger partial charge in [-0.15, -0.1) is 0 Å². The zero-order chi connectivity index (χ0) is 31.3. The molecule has 1 amide bonds. The number of aromatic hydroxyl groups is 1. The minimum atomic E-state index is -3.03. The zero-order valence-electron chi connectivity index (χ0n) is 26.1. The molecule has 0 aliphatic carbocycles. The van der Waals surface area contributed by atoms with Crippen molar-refractivity contribution in [2.24, 2.45) is 0 Å². The highest BCUT2D eigenvalue weighted by atomic mass is 28.5. The SMILES string of the molecule is CC(C)[Si]1(C(C)C)OC[C@H]2O[C@@H](n3cnc4c(N)ncnc43)[C@H](NC(=O)c3cccc(O)c3)[C@@H]2O[Si](C(C)C)(C(C)C)O1. The van der Waals surface area contributed by atoms with Gasteiger partial charge >= 0.3 is 17.1 Å². The average Bonchev–Trinajstić information content (AvgIpc) is 3.50. The summed E-state index contributed by atoms with van der Waals surface area (Å²) < 4.78 is 30.1. The van der Waals surface area contributed by atoms with E-state index in [1.165, 1.54) is 18.5 Å². The van der Waals surface area contributed by atoms with Crippen molar-refractivity contribution in [1.82, 2.24) is 24.8 Å². The van der Waals surface area contributed by atoms with Crippen LogP contribution in [0.1, 0.15) is 72.0 Å². The van der Waals surface area contributed by atoms with Crippen LogP contribution in [0.2, 0.25) is 22.2 Å². The van der Waals surface area contributed by atoms with Crippen LogP contribution in [-0.2, 0) is 17.7 Å². The van der Waals surface area contributed by atoms with Gasteiger partial charge in [-0.25, -0.2) is 15.0 Å². The number of ether oxygens (including phenoxy) is 1. The molecular weight excluding hydrogens is 585 g/mol. The summed E-state index contributed by atoms with van der Waals surface area (Å²) in [5.74, 6) is -0.135. The van der Waals surface area contributed by atoms with E-state index in [2.05, 4.69) is 75.7 Å². The maximum Gasteiger partial charge on any atom is 0.335 e. The van der Waals surface area contributed by atoms with E-state index in [-0.39, 0.29) is 46.2 Å². The number of carbonyl (C=O) groups excluding carboxylic acids is 1. The minimum absolute atomic E-state index is 0.00348. The lowest BCUT2D eigenvalue weighted by molar-refractivity contribution is -0.0547. The molecule has 0 saturated carbocycles. The van der Waals surface area contributed by atoms with Crippen LogP contribution in [0.25, 0.3) is 11.2 Å². The molecule has 14 heteroatoms. The Bertz CT molecular complexity index is 1450. The molecule has 4 heterocycles. The normalized spacial score (nSPS) is 25.3. The molecule has 43 heavy (non-hydrogen) atoms. The van der Waals surface area contributed by atoms with Crippen molar-refractivity contribution in [1.29, 1.82) is 0 Å². The van der Waals surface area contributed by atoms with Gasteiger partial charge in [-0.05, 0) is 40.4 Å². The van der Waals surface area contributed by atoms with Crippen molar-refractivity contribution in [3.8, 4) is 5.75 Å². The van der Waals surface area contributed by atoms with Crippen molar-refractivity contribution in [2.45, 2.75) is 102 Å². The van der Waals surface area contributed by atoms with Gasteiger partial charge in [0, 0.05) is 5.56 Å². The van der Waals surface area contributed by atoms with E-state index in [1.807, 2.05) is 0 Å². The van der Waals surface area contributed by atoms with Gasteiger partial charge in [0.2, 0.25) is 0 Å². The Morgan fingerprint density at radius 1 is 1.02 bits per heavy atom. The van der Waals surface area contributed by atoms with Gasteiger partial charge in [0.25, 0.3) is 5.91 Å². The standard InChI is InChI=1S/C29H44N6O6Si2/c1-16(2)42(17(3)4)38-13-22-25(40-43(41-42,18(5)6)19(7)8)23(34-28(37)20-10-9-11-21(36)12-20)29(39-22)35-15-33-24-26(30)31-14-32-27(24)35/h9-12,14-19,22-23,25,29,36H,13H2,1-8H3,(H,34,37)(H2,30,31,32)/t22-,23-,25-,29-/m1/s1. The maximum atomic E-state index is 13.7. The first-order chi connectivity index (χ1) is 20.3. The number of hydrogen-bond acceptors (Lipinski definition) is 10. The van der Waals surface area contributed by atoms with Crippen LogP contribution >= 0.6 is 0 Å². The highest BCUT2D eigenvalue weighted by molar-refractivity contribution is 6.84. The third kappa shape index (κ3) is 5.48. The summed E-state index contributed by atoms with van der Waals surface area (Å²) in [5, 5.41) is 13.2. The Labute approximate surface area is 254 Å². The summed E-state index contributed by atoms with van der Waals surface area (Å²) in [6.07, 6.45) is 1.10. The number of phenols is 1. The Morgan fingerprint density at radius 3 is 2.33 bits per heavy atom. The highest BCUT2D eigenvalue weighted by Crippen LogP contribution is 2.48. The molecule has 3 aromatic rings. The number of amides is 1. The highest BCUT2D eigenvalue weighted by Gasteiger charge is 2.62. The van der Waals surface area contributed by atoms with Gasteiger partial charge in [-0.1, -0.05) is 61.5 Å². The number of nitrogens with one attached hydrogen (secondary N) is 1. The average molecular weight is 629 g/mol. The number of nitrogens with zero attached hydrogens (tertiary/aromatic N) is 4. The number of nitrogen functional groups attached to an aromatic ring is 1. The molecule has 4 atom stereocenters. The van der Waals surface area contributed by atoms with Crippen LogP contribution in [0.3, 0.4) is 0 Å². The lowest BCUT2D eigenvalue weighted by Crippen LogP contribution is -2.66. The molecule has 2 aliphatic rings. The van der Waals surface area contributed by atoms with E-state index in [0.717, 1.165) is 0 Å². The molecule has 0 spiro atoms. The van der Waals surface area contributed by atoms with Gasteiger partial charge in [-0.2, -0.15) is 0 Å². The quantitative estimate of drug-likeness (QED) is 0.312. The van der Waals surface area contributed by atoms with E-state index in [4.69, 9.17) is 23.4 Å². The number of hydrogen-bond donors (Lipinski definition) is 3. The number of aromatic nitrogens is 4. The fourth-order valence-electron chi connectivity index (χ4n) is 6.49. The minimum Gasteiger partial charge on any atom is -0.508 e. The van der Waals surface area contributed by atoms with Crippen molar-refractivity contribution >= 4 is 40.0 Å². The predicted molar refractivity (Wildman–Crippen MR) is 167 cm³/mol. The number of nitrogens with two attached hydrogens (primary N) is 1. The van der Waals surface area contributed by atoms with E-state index in [9.17, 15) is 9.90 Å². The Hall–Kier alpha value is -2.89. The Kier molecular flexibility index (Phi) is 8.72. The molecule has 0 bridgehead atoms. The fourth-order valence-corrected chi connectivity index (χ4v) is 17.7. The second-order valence-electron chi connectivity index (χ2n) is 12.8. The van der Waals surface area contributed by atoms with Crippen molar-refractivity contribution < 1.29 is 27.6 Å². The summed E-state index contributed by atoms with van der Waals surface area (Å²) in [6.45, 7) is 17.5. The molecule has 2 fully saturated rings. The molecular formula is C29H44N6O6Si2. The smallest absolute Gasteiger partial charge is 0.335 e. The molecule has 1 aromatic carbocycles. The number of rotatable bonds is 7. The summed E-state index contributed by atoms with van der Waals surface area (Å²) in [7, 11) is -5.84. The monoisotopic (exact) mass is 628 g/mol. The van der Waals surface area contributed by atoms with E-state index in [1.54, 1.807) is 23.0 Å². The van der Waals surface area contributed by atoms with Crippen LogP contribution in [-0.4, -0.2) is 72.5 Å². The first kappa shape index (κ1) is 31.5. The molecule has 5 rings (SSSR count). The van der Waals surface area contributed by atoms with Crippen molar-refractivity contribution in [3.05, 3.63) is 42.5 Å². The van der Waals surface area contributed by atoms with Crippen molar-refractivity contribution in [3.63, 3.8) is 0 Å². The first-order valence-corrected chi connectivity index (χ1v) is 18.9. The third-order valence-corrected chi connectivity index (χ3v) is 19.0. The lowest BCUT2D eigenvalue weighted by atomic mass is 10.1. The van der Waals surface area contributed by atoms with Gasteiger partial charge in [0.05, 0.1) is 12.9 Å². The summed E-state index contributed by atoms with van der Waals surface area (Å²) in [6, 6.07) is 5.54. The third-order valence-electron chi connectivity index (χ3n) is 8.74. The predicted octanol–water partition coefficient (Wildman–Crippen LogP) is 4.77. The molecule has 0 unspecified atom stereocenters. The Balaban J connectivity index is 1.64. The van der Waals surface area contributed by atoms with Gasteiger partial charge in [0.15, 0.2) is 17.7 Å². The van der Waals surface area contributed by atoms with Gasteiger partial charge < -0.3 is 33.9 Å². The number of carbonyl (C=O) groups is 1. The maximum absolute atomic E-state index is 13.7. The van der Waals surface area contributed by atoms with E-state index in [0.29, 0.717) is 16.7 Å². The summed E-state index contributed by atoms with van der Waals surface area (Å²) in [5.41, 5.74) is 7.85. The van der Waals surface area contributed by atoms with Crippen LogP contribution in [0.5, 0.6) is 5.75 Å². The van der Waals surface area contributed by atoms with Gasteiger partial charge in [-0.3, -0.25) is 9.36 Å². The molecule has 0 radical (unpaired) electrons. The molecule has 234 valence electrons. The number of imidazole rings is 1. The largest absolute Gasteiger partial charge is 0.508 e. The molecule has 2 saturated heterocycles. The molecule has 4 N–H and O–H groups in total. The molecule has 2 aromatic heterocycles. The number of benzene rings is 1. The number of phenolic OH excluding ortho intramolecular Hbond substituents is 1. The first-order valence-electron chi connectivity index (χ1n) is 15.0. The van der Waals surface area contributed by atoms with Gasteiger partial charge in [0.1, 0.15) is 35.8 Å². The second kappa shape index (κ2) is 11.9. The van der Waals surface area contributed by atoms with E-state index < -0.39 is 41.6 Å². The number of fused-ring (bicyclic) bond motifs is 2. The summed E-state index contributed by atoms with van der Waals surface area (Å²) >= 11 is 0. The molecule has 2 aliphatic heterocycles. The fraction of sp³-hybridized carbons (Fsp3) is 0.586. The van der Waals surface area contributed by atoms with E-state index >= 15 is 0 Å². The Morgan fingerprint density at radius 2 is 1.70 bits per heavy atom. The topological polar surface area (TPSA) is 156 Å². The lowest BCUT2D eigenvalue weighted by Gasteiger charge is -2.51. The number of anilines is 1.